The summed E-state index contributed by atoms with van der Waals surface area (Å²) in [4.78, 5) is 4.32. The first-order valence-electron chi connectivity index (χ1n) is 8.81. The molecule has 0 radical (unpaired) electrons. The van der Waals surface area contributed by atoms with Crippen LogP contribution in [0.3, 0.4) is 0 Å². The summed E-state index contributed by atoms with van der Waals surface area (Å²) in [6.07, 6.45) is 5.37. The topological polar surface area (TPSA) is 54.9 Å². The molecule has 1 aromatic carbocycles. The Balaban J connectivity index is 0.00000312. The van der Waals surface area contributed by atoms with E-state index in [0.717, 1.165) is 41.4 Å². The third-order valence-corrected chi connectivity index (χ3v) is 4.73. The molecule has 2 unspecified atom stereocenters. The van der Waals surface area contributed by atoms with Crippen molar-refractivity contribution in [2.24, 2.45) is 16.8 Å². The summed E-state index contributed by atoms with van der Waals surface area (Å²) < 4.78 is 10.6. The fourth-order valence-electron chi connectivity index (χ4n) is 3.38. The molecule has 0 spiro atoms. The fraction of sp³-hybridized carbons (Fsp3) is 0.632. The maximum absolute atomic E-state index is 5.35. The molecule has 1 saturated carbocycles. The number of ether oxygens (including phenoxy) is 2. The number of halogens is 1. The average Bonchev–Trinajstić information content (AvgIpc) is 2.61. The van der Waals surface area contributed by atoms with Crippen LogP contribution in [-0.4, -0.2) is 33.8 Å². The van der Waals surface area contributed by atoms with Gasteiger partial charge in [0, 0.05) is 20.1 Å². The van der Waals surface area contributed by atoms with Gasteiger partial charge in [0.1, 0.15) is 0 Å². The van der Waals surface area contributed by atoms with Crippen molar-refractivity contribution in [2.75, 3.05) is 27.8 Å². The predicted molar refractivity (Wildman–Crippen MR) is 114 cm³/mol. The van der Waals surface area contributed by atoms with Crippen LogP contribution in [0.4, 0.5) is 0 Å². The first kappa shape index (κ1) is 21.9. The molecule has 5 nitrogen and oxygen atoms in total. The molecule has 2 N–H and O–H groups in total. The van der Waals surface area contributed by atoms with Gasteiger partial charge >= 0.3 is 0 Å². The average molecular weight is 461 g/mol. The summed E-state index contributed by atoms with van der Waals surface area (Å²) in [7, 11) is 5.11. The van der Waals surface area contributed by atoms with Crippen LogP contribution in [0.5, 0.6) is 11.5 Å². The van der Waals surface area contributed by atoms with E-state index in [2.05, 4.69) is 22.5 Å². The highest BCUT2D eigenvalue weighted by Crippen LogP contribution is 2.28. The lowest BCUT2D eigenvalue weighted by atomic mass is 9.82. The quantitative estimate of drug-likeness (QED) is 0.385. The van der Waals surface area contributed by atoms with E-state index >= 15 is 0 Å². The van der Waals surface area contributed by atoms with Crippen LogP contribution in [0.15, 0.2) is 23.2 Å². The van der Waals surface area contributed by atoms with Crippen molar-refractivity contribution in [2.45, 2.75) is 39.2 Å². The number of aliphatic imine (C=N–C) groups is 1. The maximum Gasteiger partial charge on any atom is 0.191 e. The Morgan fingerprint density at radius 2 is 1.92 bits per heavy atom. The van der Waals surface area contributed by atoms with Gasteiger partial charge in [0.25, 0.3) is 0 Å². The minimum atomic E-state index is 0. The van der Waals surface area contributed by atoms with Crippen molar-refractivity contribution < 1.29 is 9.47 Å². The summed E-state index contributed by atoms with van der Waals surface area (Å²) in [6.45, 7) is 4.05. The van der Waals surface area contributed by atoms with E-state index in [9.17, 15) is 0 Å². The Morgan fingerprint density at radius 1 is 1.16 bits per heavy atom. The van der Waals surface area contributed by atoms with E-state index < -0.39 is 0 Å². The molecule has 1 aliphatic rings. The van der Waals surface area contributed by atoms with Gasteiger partial charge in [0.05, 0.1) is 14.2 Å². The van der Waals surface area contributed by atoms with Crippen LogP contribution >= 0.6 is 24.0 Å². The molecule has 0 bridgehead atoms. The van der Waals surface area contributed by atoms with Crippen molar-refractivity contribution in [1.82, 2.24) is 10.6 Å². The van der Waals surface area contributed by atoms with Gasteiger partial charge in [0.2, 0.25) is 0 Å². The molecule has 0 aliphatic heterocycles. The zero-order valence-electron chi connectivity index (χ0n) is 15.8. The molecular weight excluding hydrogens is 429 g/mol. The minimum Gasteiger partial charge on any atom is -0.493 e. The lowest BCUT2D eigenvalue weighted by Crippen LogP contribution is -2.40. The monoisotopic (exact) mass is 461 g/mol. The van der Waals surface area contributed by atoms with Crippen LogP contribution in [0.2, 0.25) is 0 Å². The molecule has 1 fully saturated rings. The maximum atomic E-state index is 5.35. The Morgan fingerprint density at radius 3 is 2.56 bits per heavy atom. The first-order chi connectivity index (χ1) is 11.7. The summed E-state index contributed by atoms with van der Waals surface area (Å²) in [5.41, 5.74) is 1.13. The number of nitrogens with zero attached hydrogens (tertiary/aromatic N) is 1. The second-order valence-electron chi connectivity index (χ2n) is 6.63. The number of hydrogen-bond acceptors (Lipinski definition) is 3. The Hall–Kier alpha value is -1.18. The van der Waals surface area contributed by atoms with Gasteiger partial charge in [-0.2, -0.15) is 0 Å². The van der Waals surface area contributed by atoms with Gasteiger partial charge in [-0.25, -0.2) is 0 Å². The second-order valence-corrected chi connectivity index (χ2v) is 6.63. The molecule has 6 heteroatoms. The van der Waals surface area contributed by atoms with Crippen LogP contribution < -0.4 is 20.1 Å². The smallest absolute Gasteiger partial charge is 0.191 e. The summed E-state index contributed by atoms with van der Waals surface area (Å²) >= 11 is 0. The van der Waals surface area contributed by atoms with Crippen molar-refractivity contribution >= 4 is 29.9 Å². The molecule has 2 rings (SSSR count). The SMILES string of the molecule is CN=C(NCc1ccc(OC)c(OC)c1)NCC1CCCC(C)C1.I. The third kappa shape index (κ3) is 6.92. The van der Waals surface area contributed by atoms with E-state index in [-0.39, 0.29) is 24.0 Å². The number of hydrogen-bond donors (Lipinski definition) is 2. The van der Waals surface area contributed by atoms with Crippen LogP contribution in [0.25, 0.3) is 0 Å². The van der Waals surface area contributed by atoms with E-state index in [0.29, 0.717) is 6.54 Å². The molecule has 0 aromatic heterocycles. The lowest BCUT2D eigenvalue weighted by Gasteiger charge is -2.27. The molecule has 0 amide bonds. The summed E-state index contributed by atoms with van der Waals surface area (Å²) in [5.74, 6) is 3.95. The van der Waals surface area contributed by atoms with Gasteiger partial charge in [-0.3, -0.25) is 4.99 Å². The number of guanidine groups is 1. The summed E-state index contributed by atoms with van der Waals surface area (Å²) in [5, 5.41) is 6.83. The van der Waals surface area contributed by atoms with Gasteiger partial charge in [-0.15, -0.1) is 24.0 Å². The molecule has 1 aliphatic carbocycles. The van der Waals surface area contributed by atoms with Crippen molar-refractivity contribution in [1.29, 1.82) is 0 Å². The Kier molecular flexibility index (Phi) is 10.0. The molecule has 0 heterocycles. The third-order valence-electron chi connectivity index (χ3n) is 4.73. The molecule has 0 saturated heterocycles. The van der Waals surface area contributed by atoms with Gasteiger partial charge in [0.15, 0.2) is 17.5 Å². The minimum absolute atomic E-state index is 0. The summed E-state index contributed by atoms with van der Waals surface area (Å²) in [6, 6.07) is 5.95. The number of methoxy groups -OCH3 is 2. The molecule has 25 heavy (non-hydrogen) atoms. The second kappa shape index (κ2) is 11.4. The Labute approximate surface area is 169 Å². The molecule has 2 atom stereocenters. The largest absolute Gasteiger partial charge is 0.493 e. The zero-order chi connectivity index (χ0) is 17.4. The highest BCUT2D eigenvalue weighted by atomic mass is 127. The fourth-order valence-corrected chi connectivity index (χ4v) is 3.38. The van der Waals surface area contributed by atoms with Crippen molar-refractivity contribution in [3.05, 3.63) is 23.8 Å². The van der Waals surface area contributed by atoms with Gasteiger partial charge in [-0.1, -0.05) is 25.8 Å². The van der Waals surface area contributed by atoms with Crippen LogP contribution in [0.1, 0.15) is 38.2 Å². The zero-order valence-corrected chi connectivity index (χ0v) is 18.1. The first-order valence-corrected chi connectivity index (χ1v) is 8.81. The number of nitrogens with one attached hydrogen (secondary N) is 2. The van der Waals surface area contributed by atoms with Gasteiger partial charge in [-0.05, 0) is 42.4 Å². The highest BCUT2D eigenvalue weighted by Gasteiger charge is 2.18. The van der Waals surface area contributed by atoms with Crippen molar-refractivity contribution in [3.63, 3.8) is 0 Å². The van der Waals surface area contributed by atoms with E-state index in [1.807, 2.05) is 25.2 Å². The lowest BCUT2D eigenvalue weighted by molar-refractivity contribution is 0.282. The van der Waals surface area contributed by atoms with Gasteiger partial charge < -0.3 is 20.1 Å². The highest BCUT2D eigenvalue weighted by molar-refractivity contribution is 14.0. The number of benzene rings is 1. The van der Waals surface area contributed by atoms with E-state index in [4.69, 9.17) is 9.47 Å². The van der Waals surface area contributed by atoms with Crippen LogP contribution in [0, 0.1) is 11.8 Å². The molecule has 142 valence electrons. The normalized spacial score (nSPS) is 20.4. The van der Waals surface area contributed by atoms with E-state index in [1.54, 1.807) is 14.2 Å². The number of rotatable bonds is 6. The Bertz CT molecular complexity index is 551. The van der Waals surface area contributed by atoms with Crippen molar-refractivity contribution in [3.8, 4) is 11.5 Å². The standard InChI is InChI=1S/C19H31N3O2.HI/c1-14-6-5-7-15(10-14)12-21-19(20-2)22-13-16-8-9-17(23-3)18(11-16)24-4;/h8-9,11,14-15H,5-7,10,12-13H2,1-4H3,(H2,20,21,22);1H. The molecular formula is C19H32IN3O2. The predicted octanol–water partition coefficient (Wildman–Crippen LogP) is 3.81. The van der Waals surface area contributed by atoms with E-state index in [1.165, 1.54) is 25.7 Å². The molecule has 1 aromatic rings. The van der Waals surface area contributed by atoms with Crippen LogP contribution in [-0.2, 0) is 6.54 Å².